The lowest BCUT2D eigenvalue weighted by Gasteiger charge is -2.29. The Kier molecular flexibility index (Phi) is 2.56. The molecule has 1 N–H and O–H groups in total. The minimum Gasteiger partial charge on any atom is -0.481 e. The van der Waals surface area contributed by atoms with E-state index in [0.29, 0.717) is 12.8 Å². The van der Waals surface area contributed by atoms with Crippen molar-refractivity contribution in [3.63, 3.8) is 0 Å². The average molecular weight is 242 g/mol. The average Bonchev–Trinajstić information content (AvgIpc) is 2.97. The molecule has 0 bridgehead atoms. The zero-order valence-electron chi connectivity index (χ0n) is 9.20. The molecule has 1 aliphatic carbocycles. The van der Waals surface area contributed by atoms with Crippen LogP contribution in [0.2, 0.25) is 0 Å². The van der Waals surface area contributed by atoms with Gasteiger partial charge in [0.25, 0.3) is 0 Å². The highest BCUT2D eigenvalue weighted by Gasteiger charge is 2.61. The summed E-state index contributed by atoms with van der Waals surface area (Å²) < 4.78 is 15.2. The van der Waals surface area contributed by atoms with Crippen molar-refractivity contribution in [1.82, 2.24) is 0 Å². The first kappa shape index (κ1) is 11.0. The number of rotatable bonds is 3. The molecule has 5 unspecified atom stereocenters. The minimum atomic E-state index is -0.915. The van der Waals surface area contributed by atoms with E-state index in [2.05, 4.69) is 0 Å². The molecule has 0 spiro atoms. The van der Waals surface area contributed by atoms with Crippen molar-refractivity contribution in [3.05, 3.63) is 0 Å². The number of carboxylic acids is 1. The van der Waals surface area contributed by atoms with Crippen molar-refractivity contribution in [2.24, 2.45) is 11.8 Å². The summed E-state index contributed by atoms with van der Waals surface area (Å²) in [4.78, 5) is 22.9. The first-order valence-corrected chi connectivity index (χ1v) is 5.91. The summed E-state index contributed by atoms with van der Waals surface area (Å²) in [5.74, 6) is -2.53. The van der Waals surface area contributed by atoms with E-state index in [1.807, 2.05) is 0 Å². The van der Waals surface area contributed by atoms with Crippen molar-refractivity contribution < 1.29 is 28.9 Å². The quantitative estimate of drug-likeness (QED) is 0.573. The number of aliphatic carboxylic acids is 1. The van der Waals surface area contributed by atoms with E-state index >= 15 is 0 Å². The van der Waals surface area contributed by atoms with Gasteiger partial charge in [-0.05, 0) is 12.8 Å². The van der Waals surface area contributed by atoms with E-state index < -0.39 is 30.1 Å². The van der Waals surface area contributed by atoms with E-state index in [1.54, 1.807) is 0 Å². The molecule has 2 heterocycles. The van der Waals surface area contributed by atoms with Gasteiger partial charge in [-0.25, -0.2) is 0 Å². The third-order valence-corrected chi connectivity index (χ3v) is 3.64. The maximum absolute atomic E-state index is 11.9. The first-order valence-electron chi connectivity index (χ1n) is 5.91. The zero-order chi connectivity index (χ0) is 12.0. The molecule has 2 aliphatic heterocycles. The molecule has 5 atom stereocenters. The van der Waals surface area contributed by atoms with E-state index in [1.165, 1.54) is 0 Å². The number of ether oxygens (including phenoxy) is 3. The highest BCUT2D eigenvalue weighted by atomic mass is 16.9. The molecule has 2 saturated heterocycles. The van der Waals surface area contributed by atoms with Crippen LogP contribution in [0, 0.1) is 11.8 Å². The van der Waals surface area contributed by atoms with Gasteiger partial charge in [0.2, 0.25) is 6.29 Å². The second-order valence-corrected chi connectivity index (χ2v) is 4.75. The van der Waals surface area contributed by atoms with Gasteiger partial charge < -0.3 is 19.3 Å². The van der Waals surface area contributed by atoms with Gasteiger partial charge >= 0.3 is 11.9 Å². The topological polar surface area (TPSA) is 85.4 Å². The molecule has 0 aromatic carbocycles. The number of esters is 1. The maximum atomic E-state index is 11.9. The Bertz CT molecular complexity index is 354. The fourth-order valence-electron chi connectivity index (χ4n) is 2.54. The minimum absolute atomic E-state index is 0.120. The van der Waals surface area contributed by atoms with Gasteiger partial charge in [0, 0.05) is 0 Å². The molecular formula is C11H14O6. The van der Waals surface area contributed by atoms with Crippen molar-refractivity contribution in [2.45, 2.75) is 44.4 Å². The lowest BCUT2D eigenvalue weighted by atomic mass is 9.79. The van der Waals surface area contributed by atoms with Gasteiger partial charge in [-0.1, -0.05) is 12.8 Å². The van der Waals surface area contributed by atoms with Crippen molar-refractivity contribution >= 4 is 11.9 Å². The SMILES string of the molecule is O=C(O)C1CCCCC1C(=O)OC1OC2OC12. The first-order chi connectivity index (χ1) is 8.16. The van der Waals surface area contributed by atoms with Crippen LogP contribution in [0.3, 0.4) is 0 Å². The van der Waals surface area contributed by atoms with Crippen LogP contribution in [0.4, 0.5) is 0 Å². The van der Waals surface area contributed by atoms with E-state index in [9.17, 15) is 9.59 Å². The Hall–Kier alpha value is -1.14. The second-order valence-electron chi connectivity index (χ2n) is 4.75. The van der Waals surface area contributed by atoms with E-state index in [-0.39, 0.29) is 12.4 Å². The van der Waals surface area contributed by atoms with Crippen LogP contribution in [0.1, 0.15) is 25.7 Å². The van der Waals surface area contributed by atoms with Crippen molar-refractivity contribution in [2.75, 3.05) is 0 Å². The maximum Gasteiger partial charge on any atom is 0.312 e. The zero-order valence-corrected chi connectivity index (χ0v) is 9.20. The predicted octanol–water partition coefficient (Wildman–Crippen LogP) is 0.502. The Morgan fingerprint density at radius 1 is 1.12 bits per heavy atom. The summed E-state index contributed by atoms with van der Waals surface area (Å²) in [7, 11) is 0. The van der Waals surface area contributed by atoms with Gasteiger partial charge in [-0.3, -0.25) is 9.59 Å². The third-order valence-electron chi connectivity index (χ3n) is 3.64. The smallest absolute Gasteiger partial charge is 0.312 e. The van der Waals surface area contributed by atoms with Gasteiger partial charge in [0.15, 0.2) is 12.4 Å². The summed E-state index contributed by atoms with van der Waals surface area (Å²) >= 11 is 0. The van der Waals surface area contributed by atoms with Crippen molar-refractivity contribution in [3.8, 4) is 0 Å². The summed E-state index contributed by atoms with van der Waals surface area (Å²) in [5.41, 5.74) is 0. The molecule has 1 saturated carbocycles. The van der Waals surface area contributed by atoms with Crippen LogP contribution >= 0.6 is 0 Å². The molecule has 0 amide bonds. The summed E-state index contributed by atoms with van der Waals surface area (Å²) in [6.07, 6.45) is 1.91. The second kappa shape index (κ2) is 3.96. The van der Waals surface area contributed by atoms with Crippen LogP contribution in [-0.2, 0) is 23.8 Å². The van der Waals surface area contributed by atoms with Crippen LogP contribution in [0.25, 0.3) is 0 Å². The highest BCUT2D eigenvalue weighted by Crippen LogP contribution is 2.41. The molecule has 0 aromatic rings. The largest absolute Gasteiger partial charge is 0.481 e. The van der Waals surface area contributed by atoms with Crippen LogP contribution in [-0.4, -0.2) is 35.7 Å². The van der Waals surface area contributed by atoms with Gasteiger partial charge in [-0.15, -0.1) is 0 Å². The Morgan fingerprint density at radius 3 is 2.35 bits per heavy atom. The molecule has 3 aliphatic rings. The van der Waals surface area contributed by atoms with Crippen LogP contribution in [0.5, 0.6) is 0 Å². The van der Waals surface area contributed by atoms with E-state index in [4.69, 9.17) is 19.3 Å². The van der Waals surface area contributed by atoms with Gasteiger partial charge in [-0.2, -0.15) is 0 Å². The lowest BCUT2D eigenvalue weighted by Crippen LogP contribution is -2.42. The van der Waals surface area contributed by atoms with Crippen LogP contribution in [0.15, 0.2) is 0 Å². The molecular weight excluding hydrogens is 228 g/mol. The number of carbonyl (C=O) groups is 2. The lowest BCUT2D eigenvalue weighted by molar-refractivity contribution is -0.214. The molecule has 0 aromatic heterocycles. The summed E-state index contributed by atoms with van der Waals surface area (Å²) in [6, 6.07) is 0. The number of carbonyl (C=O) groups excluding carboxylic acids is 1. The molecule has 6 heteroatoms. The van der Waals surface area contributed by atoms with Gasteiger partial charge in [0.1, 0.15) is 0 Å². The molecule has 3 rings (SSSR count). The predicted molar refractivity (Wildman–Crippen MR) is 52.7 cm³/mol. The monoisotopic (exact) mass is 242 g/mol. The molecule has 3 fully saturated rings. The standard InChI is InChI=1S/C11H14O6/c12-8(13)5-3-1-2-4-6(5)9(14)16-11-7-10(15-7)17-11/h5-7,10-11H,1-4H2,(H,12,13). The highest BCUT2D eigenvalue weighted by molar-refractivity contribution is 5.81. The molecule has 94 valence electrons. The molecule has 17 heavy (non-hydrogen) atoms. The normalized spacial score (nSPS) is 43.2. The Morgan fingerprint density at radius 2 is 1.82 bits per heavy atom. The third kappa shape index (κ3) is 1.91. The van der Waals surface area contributed by atoms with Gasteiger partial charge in [0.05, 0.1) is 11.8 Å². The summed E-state index contributed by atoms with van der Waals surface area (Å²) in [5, 5.41) is 9.06. The molecule has 0 radical (unpaired) electrons. The fourth-order valence-corrected chi connectivity index (χ4v) is 2.54. The number of hydrogen-bond acceptors (Lipinski definition) is 5. The summed E-state index contributed by atoms with van der Waals surface area (Å²) in [6.45, 7) is 0. The Labute approximate surface area is 97.8 Å². The number of hydrogen-bond donors (Lipinski definition) is 1. The number of fused-ring (bicyclic) bond motifs is 1. The number of carboxylic acid groups (broad SMARTS) is 1. The fraction of sp³-hybridized carbons (Fsp3) is 0.818. The van der Waals surface area contributed by atoms with Crippen molar-refractivity contribution in [1.29, 1.82) is 0 Å². The Balaban J connectivity index is 1.59. The van der Waals surface area contributed by atoms with E-state index in [0.717, 1.165) is 12.8 Å². The number of epoxide rings is 1. The molecule has 6 nitrogen and oxygen atoms in total. The van der Waals surface area contributed by atoms with Crippen LogP contribution < -0.4 is 0 Å².